The molecule has 0 N–H and O–H groups in total. The number of rotatable bonds is 5. The Labute approximate surface area is 148 Å². The molecule has 2 aromatic heterocycles. The molecule has 5 heteroatoms. The van der Waals surface area contributed by atoms with Gasteiger partial charge in [0, 0.05) is 34.5 Å². The number of fused-ring (bicyclic) bond motifs is 1. The minimum absolute atomic E-state index is 0.759. The van der Waals surface area contributed by atoms with Crippen molar-refractivity contribution in [1.29, 1.82) is 0 Å². The van der Waals surface area contributed by atoms with Crippen molar-refractivity contribution in [1.82, 2.24) is 19.6 Å². The van der Waals surface area contributed by atoms with Crippen LogP contribution < -0.4 is 0 Å². The van der Waals surface area contributed by atoms with E-state index in [1.807, 2.05) is 16.9 Å². The van der Waals surface area contributed by atoms with E-state index in [4.69, 9.17) is 0 Å². The first kappa shape index (κ1) is 15.1. The van der Waals surface area contributed by atoms with Crippen LogP contribution in [0, 0.1) is 0 Å². The number of benzene rings is 2. The lowest BCUT2D eigenvalue weighted by Crippen LogP contribution is -2.09. The number of aryl methyl sites for hydroxylation is 2. The van der Waals surface area contributed by atoms with Crippen LogP contribution in [0.25, 0.3) is 10.9 Å². The van der Waals surface area contributed by atoms with Crippen LogP contribution >= 0.6 is 15.9 Å². The van der Waals surface area contributed by atoms with Gasteiger partial charge < -0.3 is 4.57 Å². The third-order valence-electron chi connectivity index (χ3n) is 4.21. The van der Waals surface area contributed by atoms with Gasteiger partial charge in [-0.3, -0.25) is 0 Å². The Kier molecular flexibility index (Phi) is 4.17. The summed E-state index contributed by atoms with van der Waals surface area (Å²) in [5.74, 6) is 0. The summed E-state index contributed by atoms with van der Waals surface area (Å²) in [6, 6.07) is 18.9. The summed E-state index contributed by atoms with van der Waals surface area (Å²) in [6.07, 6.45) is 4.91. The van der Waals surface area contributed by atoms with Gasteiger partial charge in [0.2, 0.25) is 0 Å². The average Bonchev–Trinajstić information content (AvgIpc) is 3.20. The fourth-order valence-corrected chi connectivity index (χ4v) is 3.34. The minimum Gasteiger partial charge on any atom is -0.347 e. The molecular formula is C19H17BrN4. The molecule has 0 aliphatic heterocycles. The Morgan fingerprint density at radius 3 is 2.75 bits per heavy atom. The lowest BCUT2D eigenvalue weighted by molar-refractivity contribution is 0.595. The van der Waals surface area contributed by atoms with Gasteiger partial charge in [-0.1, -0.05) is 51.5 Å². The lowest BCUT2D eigenvalue weighted by atomic mass is 10.2. The fraction of sp³-hybridized carbons (Fsp3) is 0.158. The van der Waals surface area contributed by atoms with Crippen molar-refractivity contribution in [2.45, 2.75) is 19.5 Å². The minimum atomic E-state index is 0.759. The first-order chi connectivity index (χ1) is 11.8. The van der Waals surface area contributed by atoms with Gasteiger partial charge in [-0.15, -0.1) is 5.10 Å². The number of hydrogen-bond donors (Lipinski definition) is 0. The zero-order valence-electron chi connectivity index (χ0n) is 13.1. The first-order valence-electron chi connectivity index (χ1n) is 7.95. The van der Waals surface area contributed by atoms with Gasteiger partial charge in [-0.05, 0) is 29.8 Å². The van der Waals surface area contributed by atoms with Crippen LogP contribution in [0.1, 0.15) is 11.3 Å². The Morgan fingerprint density at radius 1 is 1.00 bits per heavy atom. The molecule has 2 aromatic carbocycles. The SMILES string of the molecule is Brc1ccc2c(ccn2CCc2cnnn2Cc2ccccc2)c1. The van der Waals surface area contributed by atoms with Crippen molar-refractivity contribution in [3.63, 3.8) is 0 Å². The quantitative estimate of drug-likeness (QED) is 0.517. The zero-order valence-corrected chi connectivity index (χ0v) is 14.7. The maximum atomic E-state index is 4.24. The highest BCUT2D eigenvalue weighted by atomic mass is 79.9. The van der Waals surface area contributed by atoms with E-state index in [1.165, 1.54) is 16.5 Å². The summed E-state index contributed by atoms with van der Waals surface area (Å²) in [4.78, 5) is 0. The van der Waals surface area contributed by atoms with Gasteiger partial charge in [0.1, 0.15) is 0 Å². The van der Waals surface area contributed by atoms with Crippen LogP contribution in [0.15, 0.2) is 71.5 Å². The van der Waals surface area contributed by atoms with E-state index in [0.717, 1.165) is 29.7 Å². The maximum Gasteiger partial charge on any atom is 0.0725 e. The van der Waals surface area contributed by atoms with Gasteiger partial charge in [0.15, 0.2) is 0 Å². The van der Waals surface area contributed by atoms with Crippen molar-refractivity contribution in [2.75, 3.05) is 0 Å². The van der Waals surface area contributed by atoms with E-state index in [2.05, 4.69) is 85.5 Å². The highest BCUT2D eigenvalue weighted by Gasteiger charge is 2.07. The van der Waals surface area contributed by atoms with Crippen molar-refractivity contribution >= 4 is 26.8 Å². The van der Waals surface area contributed by atoms with E-state index in [1.54, 1.807) is 0 Å². The fourth-order valence-electron chi connectivity index (χ4n) is 2.96. The van der Waals surface area contributed by atoms with E-state index in [0.29, 0.717) is 0 Å². The number of nitrogens with zero attached hydrogens (tertiary/aromatic N) is 4. The second-order valence-corrected chi connectivity index (χ2v) is 6.75. The standard InChI is InChI=1S/C19H17BrN4/c20-17-6-7-19-16(12-17)8-10-23(19)11-9-18-13-21-22-24(18)14-15-4-2-1-3-5-15/h1-8,10,12-13H,9,11,14H2. The van der Waals surface area contributed by atoms with Gasteiger partial charge in [0.05, 0.1) is 18.4 Å². The second kappa shape index (κ2) is 6.61. The molecule has 0 bridgehead atoms. The molecule has 0 spiro atoms. The average molecular weight is 381 g/mol. The zero-order chi connectivity index (χ0) is 16.4. The summed E-state index contributed by atoms with van der Waals surface area (Å²) in [5.41, 5.74) is 3.64. The van der Waals surface area contributed by atoms with Crippen LogP contribution in [0.5, 0.6) is 0 Å². The van der Waals surface area contributed by atoms with Crippen molar-refractivity contribution < 1.29 is 0 Å². The van der Waals surface area contributed by atoms with E-state index in [-0.39, 0.29) is 0 Å². The normalized spacial score (nSPS) is 11.2. The molecule has 0 unspecified atom stereocenters. The molecule has 120 valence electrons. The monoisotopic (exact) mass is 380 g/mol. The van der Waals surface area contributed by atoms with Gasteiger partial charge in [-0.25, -0.2) is 4.68 Å². The number of aromatic nitrogens is 4. The topological polar surface area (TPSA) is 35.6 Å². The molecule has 0 fully saturated rings. The van der Waals surface area contributed by atoms with Gasteiger partial charge >= 0.3 is 0 Å². The Hall–Kier alpha value is -2.40. The summed E-state index contributed by atoms with van der Waals surface area (Å²) in [7, 11) is 0. The third kappa shape index (κ3) is 3.12. The van der Waals surface area contributed by atoms with E-state index < -0.39 is 0 Å². The highest BCUT2D eigenvalue weighted by molar-refractivity contribution is 9.10. The Balaban J connectivity index is 1.51. The van der Waals surface area contributed by atoms with Gasteiger partial charge in [-0.2, -0.15) is 0 Å². The Morgan fingerprint density at radius 2 is 1.88 bits per heavy atom. The number of halogens is 1. The molecule has 24 heavy (non-hydrogen) atoms. The predicted molar refractivity (Wildman–Crippen MR) is 98.9 cm³/mol. The molecule has 0 amide bonds. The van der Waals surface area contributed by atoms with Crippen LogP contribution in [0.3, 0.4) is 0 Å². The highest BCUT2D eigenvalue weighted by Crippen LogP contribution is 2.21. The molecule has 4 aromatic rings. The molecule has 4 nitrogen and oxygen atoms in total. The molecule has 0 atom stereocenters. The summed E-state index contributed by atoms with van der Waals surface area (Å²) in [6.45, 7) is 1.67. The molecule has 0 aliphatic rings. The Bertz CT molecular complexity index is 956. The van der Waals surface area contributed by atoms with Crippen molar-refractivity contribution in [3.8, 4) is 0 Å². The van der Waals surface area contributed by atoms with Crippen LogP contribution in [-0.4, -0.2) is 19.6 Å². The first-order valence-corrected chi connectivity index (χ1v) is 8.74. The third-order valence-corrected chi connectivity index (χ3v) is 4.71. The molecule has 0 saturated heterocycles. The number of hydrogen-bond acceptors (Lipinski definition) is 2. The largest absolute Gasteiger partial charge is 0.347 e. The lowest BCUT2D eigenvalue weighted by Gasteiger charge is -2.08. The molecule has 0 radical (unpaired) electrons. The molecule has 4 rings (SSSR count). The molecule has 2 heterocycles. The second-order valence-electron chi connectivity index (χ2n) is 5.83. The maximum absolute atomic E-state index is 4.24. The summed E-state index contributed by atoms with van der Waals surface area (Å²) in [5, 5.41) is 9.58. The van der Waals surface area contributed by atoms with Crippen LogP contribution in [0.2, 0.25) is 0 Å². The van der Waals surface area contributed by atoms with Crippen molar-refractivity contribution in [3.05, 3.63) is 82.7 Å². The smallest absolute Gasteiger partial charge is 0.0725 e. The van der Waals surface area contributed by atoms with Gasteiger partial charge in [0.25, 0.3) is 0 Å². The van der Waals surface area contributed by atoms with Crippen LogP contribution in [-0.2, 0) is 19.5 Å². The van der Waals surface area contributed by atoms with Crippen molar-refractivity contribution in [2.24, 2.45) is 0 Å². The summed E-state index contributed by atoms with van der Waals surface area (Å²) >= 11 is 3.52. The van der Waals surface area contributed by atoms with E-state index >= 15 is 0 Å². The molecule has 0 saturated carbocycles. The summed E-state index contributed by atoms with van der Waals surface area (Å²) < 4.78 is 5.37. The molecular weight excluding hydrogens is 364 g/mol. The predicted octanol–water partition coefficient (Wildman–Crippen LogP) is 4.29. The molecule has 0 aliphatic carbocycles. The van der Waals surface area contributed by atoms with E-state index in [9.17, 15) is 0 Å². The van der Waals surface area contributed by atoms with Crippen LogP contribution in [0.4, 0.5) is 0 Å².